The van der Waals surface area contributed by atoms with Gasteiger partial charge < -0.3 is 35.2 Å². The number of imidazole rings is 1. The van der Waals surface area contributed by atoms with Crippen molar-refractivity contribution in [1.29, 1.82) is 0 Å². The van der Waals surface area contributed by atoms with Crippen molar-refractivity contribution in [3.05, 3.63) is 18.3 Å². The fourth-order valence-electron chi connectivity index (χ4n) is 2.26. The molecule has 1 radical (unpaired) electrons. The summed E-state index contributed by atoms with van der Waals surface area (Å²) < 4.78 is 7.14. The number of fused-ring (bicyclic) bond motifs is 1. The molecule has 1 unspecified atom stereocenters. The van der Waals surface area contributed by atoms with Gasteiger partial charge in [0.15, 0.2) is 6.23 Å². The Kier molecular flexibility index (Phi) is 4.83. The van der Waals surface area contributed by atoms with Crippen molar-refractivity contribution in [2.45, 2.75) is 31.4 Å². The van der Waals surface area contributed by atoms with Crippen LogP contribution in [0.15, 0.2) is 6.33 Å². The van der Waals surface area contributed by atoms with Crippen LogP contribution >= 0.6 is 0 Å². The summed E-state index contributed by atoms with van der Waals surface area (Å²) in [7, 11) is 0. The van der Waals surface area contributed by atoms with Crippen LogP contribution in [0, 0.1) is 13.3 Å². The fourth-order valence-corrected chi connectivity index (χ4v) is 2.26. The minimum Gasteiger partial charge on any atom is -0.394 e. The van der Waals surface area contributed by atoms with E-state index in [0.717, 1.165) is 0 Å². The summed E-state index contributed by atoms with van der Waals surface area (Å²) in [6, 6.07) is -0.653. The monoisotopic (exact) mass is 353 g/mol. The first-order chi connectivity index (χ1) is 9.13. The van der Waals surface area contributed by atoms with Crippen molar-refractivity contribution in [2.24, 2.45) is 5.73 Å². The van der Waals surface area contributed by atoms with Crippen LogP contribution in [0.4, 0.5) is 0 Å². The maximum Gasteiger partial charge on any atom is 0.154 e. The molecule has 2 aromatic rings. The molecule has 9 heteroatoms. The zero-order chi connectivity index (χ0) is 13.6. The van der Waals surface area contributed by atoms with Crippen LogP contribution in [0.5, 0.6) is 0 Å². The molecule has 1 fully saturated rings. The molecule has 105 valence electrons. The van der Waals surface area contributed by atoms with Gasteiger partial charge in [0.2, 0.25) is 0 Å². The standard InChI is InChI=1S/C11H14N5O3.Y/c1-5-8-10(14-3-13-5)16(4-15-8)11-9(18)7(12)6(2-17)19-11;/h4,6-7,9,11,17-18H,2,12H2,1H3;/q-1;/t6-,7+,9?,11-;/m1./s1. The predicted molar refractivity (Wildman–Crippen MR) is 63.9 cm³/mol. The van der Waals surface area contributed by atoms with Gasteiger partial charge in [-0.2, -0.15) is 0 Å². The van der Waals surface area contributed by atoms with Crippen LogP contribution < -0.4 is 5.73 Å². The predicted octanol–water partition coefficient (Wildman–Crippen LogP) is -1.49. The molecule has 20 heavy (non-hydrogen) atoms. The SMILES string of the molecule is Cc1n[c-]nc2c1ncn2[C@@H]1O[C@H](CO)[C@H](N)C1O.[Y]. The van der Waals surface area contributed by atoms with E-state index in [1.807, 2.05) is 0 Å². The smallest absolute Gasteiger partial charge is 0.154 e. The number of hydrogen-bond donors (Lipinski definition) is 3. The summed E-state index contributed by atoms with van der Waals surface area (Å²) in [5.74, 6) is 0. The zero-order valence-electron chi connectivity index (χ0n) is 10.8. The summed E-state index contributed by atoms with van der Waals surface area (Å²) in [4.78, 5) is 12.2. The summed E-state index contributed by atoms with van der Waals surface area (Å²) in [6.45, 7) is 1.55. The van der Waals surface area contributed by atoms with Crippen LogP contribution in [0.3, 0.4) is 0 Å². The molecule has 8 nitrogen and oxygen atoms in total. The van der Waals surface area contributed by atoms with Crippen LogP contribution in [0.2, 0.25) is 0 Å². The first-order valence-corrected chi connectivity index (χ1v) is 5.90. The van der Waals surface area contributed by atoms with E-state index in [1.165, 1.54) is 6.33 Å². The molecule has 0 aliphatic carbocycles. The van der Waals surface area contributed by atoms with E-state index < -0.39 is 24.5 Å². The van der Waals surface area contributed by atoms with Crippen molar-refractivity contribution in [3.8, 4) is 0 Å². The van der Waals surface area contributed by atoms with Gasteiger partial charge >= 0.3 is 0 Å². The molecule has 1 saturated heterocycles. The van der Waals surface area contributed by atoms with E-state index in [-0.39, 0.29) is 39.3 Å². The minimum atomic E-state index is -0.940. The molecule has 1 aliphatic heterocycles. The van der Waals surface area contributed by atoms with Gasteiger partial charge in [-0.1, -0.05) is 6.92 Å². The fraction of sp³-hybridized carbons (Fsp3) is 0.545. The third-order valence-electron chi connectivity index (χ3n) is 3.37. The van der Waals surface area contributed by atoms with Crippen molar-refractivity contribution in [2.75, 3.05) is 6.61 Å². The number of ether oxygens (including phenoxy) is 1. The molecule has 0 saturated carbocycles. The molecule has 0 amide bonds. The Hall–Kier alpha value is -0.506. The molecule has 0 spiro atoms. The van der Waals surface area contributed by atoms with Gasteiger partial charge in [-0.15, -0.1) is 0 Å². The first-order valence-electron chi connectivity index (χ1n) is 5.90. The van der Waals surface area contributed by atoms with Crippen molar-refractivity contribution < 1.29 is 47.7 Å². The summed E-state index contributed by atoms with van der Waals surface area (Å²) >= 11 is 0. The number of hydrogen-bond acceptors (Lipinski definition) is 7. The maximum atomic E-state index is 10.1. The second-order valence-corrected chi connectivity index (χ2v) is 4.55. The molecule has 3 rings (SSSR count). The van der Waals surface area contributed by atoms with Gasteiger partial charge in [-0.05, 0) is 5.69 Å². The topological polar surface area (TPSA) is 119 Å². The van der Waals surface area contributed by atoms with Gasteiger partial charge in [0.1, 0.15) is 12.2 Å². The molecule has 4 atom stereocenters. The minimum absolute atomic E-state index is 0. The molecule has 2 aromatic heterocycles. The summed E-state index contributed by atoms with van der Waals surface area (Å²) in [5, 5.41) is 19.3. The molecule has 3 heterocycles. The van der Waals surface area contributed by atoms with Crippen LogP contribution in [0.1, 0.15) is 11.9 Å². The first kappa shape index (κ1) is 15.9. The molecule has 0 aromatic carbocycles. The number of aliphatic hydroxyl groups excluding tert-OH is 2. The van der Waals surface area contributed by atoms with Gasteiger partial charge in [0, 0.05) is 44.6 Å². The van der Waals surface area contributed by atoms with E-state index in [2.05, 4.69) is 21.3 Å². The quantitative estimate of drug-likeness (QED) is 0.563. The van der Waals surface area contributed by atoms with E-state index in [9.17, 15) is 5.11 Å². The van der Waals surface area contributed by atoms with Gasteiger partial charge in [-0.25, -0.2) is 0 Å². The Morgan fingerprint density at radius 3 is 2.90 bits per heavy atom. The molecular formula is C11H14N5O3Y-. The Balaban J connectivity index is 0.00000147. The number of aliphatic hydroxyl groups is 2. The normalized spacial score (nSPS) is 29.6. The van der Waals surface area contributed by atoms with Crippen LogP contribution in [-0.2, 0) is 37.4 Å². The van der Waals surface area contributed by atoms with Gasteiger partial charge in [0.25, 0.3) is 0 Å². The van der Waals surface area contributed by atoms with Crippen molar-refractivity contribution in [3.63, 3.8) is 0 Å². The van der Waals surface area contributed by atoms with Gasteiger partial charge in [-0.3, -0.25) is 4.98 Å². The van der Waals surface area contributed by atoms with E-state index >= 15 is 0 Å². The molecule has 4 N–H and O–H groups in total. The molecule has 1 aliphatic rings. The number of aryl methyl sites for hydroxylation is 1. The molecular weight excluding hydrogens is 339 g/mol. The van der Waals surface area contributed by atoms with Gasteiger partial charge in [0.05, 0.1) is 24.6 Å². The average molecular weight is 353 g/mol. The number of rotatable bonds is 2. The van der Waals surface area contributed by atoms with Crippen molar-refractivity contribution in [1.82, 2.24) is 19.5 Å². The second kappa shape index (κ2) is 6.09. The summed E-state index contributed by atoms with van der Waals surface area (Å²) in [5.41, 5.74) is 7.62. The Labute approximate surface area is 140 Å². The Morgan fingerprint density at radius 2 is 2.25 bits per heavy atom. The Morgan fingerprint density at radius 1 is 1.50 bits per heavy atom. The largest absolute Gasteiger partial charge is 0.394 e. The van der Waals surface area contributed by atoms with E-state index in [4.69, 9.17) is 15.6 Å². The second-order valence-electron chi connectivity index (χ2n) is 4.55. The van der Waals surface area contributed by atoms with Crippen molar-refractivity contribution >= 4 is 11.2 Å². The molecule has 0 bridgehead atoms. The van der Waals surface area contributed by atoms with Crippen LogP contribution in [0.25, 0.3) is 11.2 Å². The van der Waals surface area contributed by atoms with E-state index in [1.54, 1.807) is 11.5 Å². The Bertz CT molecular complexity index is 607. The third-order valence-corrected chi connectivity index (χ3v) is 3.37. The number of nitrogens with two attached hydrogens (primary N) is 1. The third kappa shape index (κ3) is 2.40. The average Bonchev–Trinajstić information content (AvgIpc) is 2.94. The van der Waals surface area contributed by atoms with Crippen LogP contribution in [-0.4, -0.2) is 54.6 Å². The van der Waals surface area contributed by atoms with E-state index in [0.29, 0.717) is 16.9 Å². The number of aromatic nitrogens is 4. The zero-order valence-corrected chi connectivity index (χ0v) is 13.7. The summed E-state index contributed by atoms with van der Waals surface area (Å²) in [6.07, 6.45) is 1.77. The maximum absolute atomic E-state index is 10.1. The number of nitrogens with zero attached hydrogens (tertiary/aromatic N) is 4.